The fourth-order valence-electron chi connectivity index (χ4n) is 5.59. The van der Waals surface area contributed by atoms with Crippen molar-refractivity contribution < 1.29 is 32.3 Å². The van der Waals surface area contributed by atoms with E-state index in [9.17, 15) is 37.6 Å². The average molecular weight is 500 g/mol. The third kappa shape index (κ3) is 5.54. The van der Waals surface area contributed by atoms with Crippen LogP contribution in [0.25, 0.3) is 0 Å². The lowest BCUT2D eigenvalue weighted by Crippen LogP contribution is -2.56. The van der Waals surface area contributed by atoms with Crippen LogP contribution < -0.4 is 16.0 Å². The van der Waals surface area contributed by atoms with Gasteiger partial charge in [0.2, 0.25) is 17.7 Å². The summed E-state index contributed by atoms with van der Waals surface area (Å²) in [6.45, 7) is 7.91. The fourth-order valence-corrected chi connectivity index (χ4v) is 5.59. The van der Waals surface area contributed by atoms with Crippen LogP contribution in [0, 0.1) is 40.4 Å². The van der Waals surface area contributed by atoms with Gasteiger partial charge in [0.25, 0.3) is 0 Å². The lowest BCUT2D eigenvalue weighted by atomic mass is 9.95. The predicted octanol–water partition coefficient (Wildman–Crippen LogP) is 1.10. The Morgan fingerprint density at radius 3 is 2.43 bits per heavy atom. The van der Waals surface area contributed by atoms with E-state index in [1.54, 1.807) is 19.2 Å². The van der Waals surface area contributed by atoms with Gasteiger partial charge < -0.3 is 20.9 Å². The van der Waals surface area contributed by atoms with Gasteiger partial charge in [-0.05, 0) is 36.0 Å². The summed E-state index contributed by atoms with van der Waals surface area (Å²) in [5.74, 6) is -4.37. The van der Waals surface area contributed by atoms with Gasteiger partial charge >= 0.3 is 12.1 Å². The maximum absolute atomic E-state index is 13.3. The van der Waals surface area contributed by atoms with Gasteiger partial charge in [0.1, 0.15) is 12.1 Å². The monoisotopic (exact) mass is 499 g/mol. The van der Waals surface area contributed by atoms with Crippen molar-refractivity contribution in [1.29, 1.82) is 5.26 Å². The lowest BCUT2D eigenvalue weighted by molar-refractivity contribution is -0.175. The summed E-state index contributed by atoms with van der Waals surface area (Å²) in [7, 11) is 0. The van der Waals surface area contributed by atoms with Crippen molar-refractivity contribution in [2.24, 2.45) is 29.1 Å². The largest absolute Gasteiger partial charge is 0.471 e. The maximum Gasteiger partial charge on any atom is 0.471 e. The van der Waals surface area contributed by atoms with Gasteiger partial charge in [-0.25, -0.2) is 0 Å². The number of hydrogen-bond acceptors (Lipinski definition) is 5. The minimum Gasteiger partial charge on any atom is -0.356 e. The summed E-state index contributed by atoms with van der Waals surface area (Å²) in [5.41, 5.74) is -0.138. The van der Waals surface area contributed by atoms with E-state index in [4.69, 9.17) is 0 Å². The van der Waals surface area contributed by atoms with E-state index in [1.165, 1.54) is 4.90 Å². The molecule has 12 heteroatoms. The summed E-state index contributed by atoms with van der Waals surface area (Å²) in [6, 6.07) is -0.831. The molecule has 6 atom stereocenters. The van der Waals surface area contributed by atoms with Gasteiger partial charge in [-0.3, -0.25) is 19.2 Å². The number of nitrogens with zero attached hydrogens (tertiary/aromatic N) is 2. The third-order valence-corrected chi connectivity index (χ3v) is 7.68. The zero-order chi connectivity index (χ0) is 26.3. The maximum atomic E-state index is 13.3. The molecule has 0 spiro atoms. The molecule has 35 heavy (non-hydrogen) atoms. The Morgan fingerprint density at radius 2 is 1.91 bits per heavy atom. The van der Waals surface area contributed by atoms with Gasteiger partial charge in [0.05, 0.1) is 6.07 Å². The minimum absolute atomic E-state index is 0.0236. The highest BCUT2D eigenvalue weighted by molar-refractivity contribution is 5.91. The van der Waals surface area contributed by atoms with Crippen LogP contribution in [0.1, 0.15) is 47.0 Å². The Morgan fingerprint density at radius 1 is 1.26 bits per heavy atom. The highest BCUT2D eigenvalue weighted by Crippen LogP contribution is 2.65. The highest BCUT2D eigenvalue weighted by atomic mass is 19.4. The zero-order valence-corrected chi connectivity index (χ0v) is 20.2. The van der Waals surface area contributed by atoms with Gasteiger partial charge in [0, 0.05) is 31.5 Å². The number of likely N-dealkylation sites (tertiary alicyclic amines) is 1. The van der Waals surface area contributed by atoms with Crippen LogP contribution in [0.2, 0.25) is 0 Å². The molecule has 3 fully saturated rings. The van der Waals surface area contributed by atoms with Gasteiger partial charge in [-0.2, -0.15) is 18.4 Å². The number of carbonyl (C=O) groups excluding carboxylic acids is 4. The Kier molecular flexibility index (Phi) is 7.39. The van der Waals surface area contributed by atoms with Gasteiger partial charge in [-0.1, -0.05) is 27.7 Å². The number of nitrogens with one attached hydrogen (secondary N) is 3. The molecule has 2 aliphatic heterocycles. The molecular formula is C23H32F3N5O4. The van der Waals surface area contributed by atoms with Crippen molar-refractivity contribution in [3.63, 3.8) is 0 Å². The molecule has 0 aromatic carbocycles. The number of amides is 4. The number of piperidine rings is 1. The molecule has 0 radical (unpaired) electrons. The van der Waals surface area contributed by atoms with Crippen molar-refractivity contribution in [3.8, 4) is 6.07 Å². The normalized spacial score (nSPS) is 28.5. The summed E-state index contributed by atoms with van der Waals surface area (Å²) in [5, 5.41) is 16.6. The molecule has 2 heterocycles. The zero-order valence-electron chi connectivity index (χ0n) is 20.2. The van der Waals surface area contributed by atoms with E-state index in [2.05, 4.69) is 10.6 Å². The summed E-state index contributed by atoms with van der Waals surface area (Å²) in [4.78, 5) is 50.9. The van der Waals surface area contributed by atoms with E-state index < -0.39 is 47.9 Å². The van der Waals surface area contributed by atoms with Crippen LogP contribution in [0.5, 0.6) is 0 Å². The lowest BCUT2D eigenvalue weighted by Gasteiger charge is -2.35. The molecule has 3 N–H and O–H groups in total. The van der Waals surface area contributed by atoms with Crippen molar-refractivity contribution >= 4 is 23.6 Å². The topological polar surface area (TPSA) is 131 Å². The predicted molar refractivity (Wildman–Crippen MR) is 117 cm³/mol. The first-order valence-electron chi connectivity index (χ1n) is 11.8. The fraction of sp³-hybridized carbons (Fsp3) is 0.783. The number of nitriles is 1. The van der Waals surface area contributed by atoms with Crippen LogP contribution in [0.4, 0.5) is 13.2 Å². The summed E-state index contributed by atoms with van der Waals surface area (Å²) in [6.07, 6.45) is -4.48. The van der Waals surface area contributed by atoms with Crippen LogP contribution in [-0.2, 0) is 19.2 Å². The van der Waals surface area contributed by atoms with E-state index in [1.807, 2.05) is 19.9 Å². The van der Waals surface area contributed by atoms with Crippen LogP contribution in [0.15, 0.2) is 0 Å². The van der Waals surface area contributed by atoms with E-state index in [-0.39, 0.29) is 48.5 Å². The van der Waals surface area contributed by atoms with Crippen LogP contribution in [-0.4, -0.2) is 65.9 Å². The SMILES string of the molecule is CC(C)[C@H](NC(=O)C(F)(F)F)C(=O)N1C[C@H]2[C@@H]([C@H]1CC(=O)N[C@H](C#N)C[C@@H]1CCNC1=O)C2(C)C. The average Bonchev–Trinajstić information content (AvgIpc) is 3.05. The van der Waals surface area contributed by atoms with Crippen LogP contribution >= 0.6 is 0 Å². The van der Waals surface area contributed by atoms with E-state index >= 15 is 0 Å². The number of alkyl halides is 3. The minimum atomic E-state index is -5.12. The first-order valence-corrected chi connectivity index (χ1v) is 11.8. The van der Waals surface area contributed by atoms with Crippen molar-refractivity contribution in [2.45, 2.75) is 71.3 Å². The Labute approximate surface area is 202 Å². The van der Waals surface area contributed by atoms with Crippen molar-refractivity contribution in [3.05, 3.63) is 0 Å². The Balaban J connectivity index is 1.70. The second kappa shape index (κ2) is 9.66. The number of carbonyl (C=O) groups is 4. The molecule has 0 aromatic heterocycles. The molecule has 1 saturated carbocycles. The number of hydrogen-bond donors (Lipinski definition) is 3. The van der Waals surface area contributed by atoms with Crippen LogP contribution in [0.3, 0.4) is 0 Å². The second-order valence-corrected chi connectivity index (χ2v) is 10.7. The molecule has 9 nitrogen and oxygen atoms in total. The molecule has 0 bridgehead atoms. The highest BCUT2D eigenvalue weighted by Gasteiger charge is 2.68. The summed E-state index contributed by atoms with van der Waals surface area (Å²) < 4.78 is 38.4. The molecule has 0 aromatic rings. The van der Waals surface area contributed by atoms with Crippen molar-refractivity contribution in [2.75, 3.05) is 13.1 Å². The third-order valence-electron chi connectivity index (χ3n) is 7.68. The molecule has 194 valence electrons. The number of fused-ring (bicyclic) bond motifs is 1. The molecule has 3 aliphatic rings. The summed E-state index contributed by atoms with van der Waals surface area (Å²) >= 11 is 0. The van der Waals surface area contributed by atoms with E-state index in [0.29, 0.717) is 13.0 Å². The first-order chi connectivity index (χ1) is 16.2. The molecule has 3 rings (SSSR count). The molecule has 0 unspecified atom stereocenters. The first kappa shape index (κ1) is 26.8. The Hall–Kier alpha value is -2.84. The quantitative estimate of drug-likeness (QED) is 0.460. The molecular weight excluding hydrogens is 467 g/mol. The van der Waals surface area contributed by atoms with Gasteiger partial charge in [0.15, 0.2) is 0 Å². The Bertz CT molecular complexity index is 929. The standard InChI is InChI=1S/C23H32F3N5O4/c1-11(2)18(30-21(35)23(24,25)26)20(34)31-10-14-17(22(14,3)4)15(31)8-16(32)29-13(9-27)7-12-5-6-28-19(12)33/h11-15,17-18H,5-8,10H2,1-4H3,(H,28,33)(H,29,32)(H,30,35)/t12-,13-,14-,15+,17-,18-/m0/s1. The second-order valence-electron chi connectivity index (χ2n) is 10.7. The van der Waals surface area contributed by atoms with E-state index in [0.717, 1.165) is 0 Å². The molecule has 1 aliphatic carbocycles. The molecule has 2 saturated heterocycles. The van der Waals surface area contributed by atoms with Gasteiger partial charge in [-0.15, -0.1) is 0 Å². The van der Waals surface area contributed by atoms with Crippen molar-refractivity contribution in [1.82, 2.24) is 20.9 Å². The molecule has 4 amide bonds. The number of rotatable bonds is 8. The number of halogens is 3. The smallest absolute Gasteiger partial charge is 0.356 e.